The molecule has 4 aromatic heterocycles. The summed E-state index contributed by atoms with van der Waals surface area (Å²) in [5.74, 6) is 0.706. The van der Waals surface area contributed by atoms with Gasteiger partial charge < -0.3 is 10.1 Å². The van der Waals surface area contributed by atoms with Crippen LogP contribution in [-0.2, 0) is 0 Å². The van der Waals surface area contributed by atoms with Gasteiger partial charge >= 0.3 is 0 Å². The second-order valence-electron chi connectivity index (χ2n) is 8.21. The van der Waals surface area contributed by atoms with Gasteiger partial charge in [-0.15, -0.1) is 10.2 Å². The summed E-state index contributed by atoms with van der Waals surface area (Å²) in [5.41, 5.74) is 4.05. The van der Waals surface area contributed by atoms with Crippen molar-refractivity contribution in [3.8, 4) is 29.0 Å². The van der Waals surface area contributed by atoms with E-state index in [1.54, 1.807) is 42.1 Å². The van der Waals surface area contributed by atoms with E-state index in [1.807, 2.05) is 18.2 Å². The number of aromatic nitrogens is 7. The van der Waals surface area contributed by atoms with Gasteiger partial charge in [-0.3, -0.25) is 14.5 Å². The van der Waals surface area contributed by atoms with Gasteiger partial charge in [-0.05, 0) is 50.2 Å². The van der Waals surface area contributed by atoms with E-state index < -0.39 is 13.0 Å². The van der Waals surface area contributed by atoms with Crippen molar-refractivity contribution in [2.24, 2.45) is 0 Å². The van der Waals surface area contributed by atoms with Crippen molar-refractivity contribution in [3.63, 3.8) is 0 Å². The van der Waals surface area contributed by atoms with Crippen molar-refractivity contribution < 1.29 is 18.3 Å². The molecule has 0 radical (unpaired) electrons. The number of halogens is 2. The molecule has 5 rings (SSSR count). The molecule has 0 saturated heterocycles. The third kappa shape index (κ3) is 4.74. The van der Waals surface area contributed by atoms with E-state index >= 15 is 0 Å². The number of nitriles is 1. The van der Waals surface area contributed by atoms with Crippen LogP contribution in [0.25, 0.3) is 28.1 Å². The number of fused-ring (bicyclic) bond motifs is 1. The van der Waals surface area contributed by atoms with Crippen LogP contribution in [0, 0.1) is 18.3 Å². The topological polar surface area (TPSA) is 147 Å². The van der Waals surface area contributed by atoms with Crippen LogP contribution in [0.2, 0.25) is 0 Å². The van der Waals surface area contributed by atoms with E-state index in [4.69, 9.17) is 9.72 Å². The van der Waals surface area contributed by atoms with E-state index in [9.17, 15) is 18.8 Å². The van der Waals surface area contributed by atoms with Crippen LogP contribution in [0.1, 0.15) is 28.7 Å². The molecule has 0 atom stereocenters. The Hall–Kier alpha value is -5.25. The molecule has 0 bridgehead atoms. The van der Waals surface area contributed by atoms with Gasteiger partial charge in [0.1, 0.15) is 18.2 Å². The SMILES string of the molecule is CC(=O)c1ccc(-n2cnc3cc(Nc4ccc(OCC(F)F)nn4)ccc32)nc1-c1c(C#N)n[nH]c1C. The Morgan fingerprint density at radius 1 is 1.21 bits per heavy atom. The highest BCUT2D eigenvalue weighted by atomic mass is 19.3. The number of nitrogens with one attached hydrogen (secondary N) is 2. The van der Waals surface area contributed by atoms with Crippen LogP contribution in [-0.4, -0.2) is 53.7 Å². The zero-order valence-corrected chi connectivity index (χ0v) is 20.1. The van der Waals surface area contributed by atoms with Crippen molar-refractivity contribution in [2.75, 3.05) is 11.9 Å². The molecule has 13 heteroatoms. The molecular weight excluding hydrogens is 496 g/mol. The lowest BCUT2D eigenvalue weighted by molar-refractivity contribution is 0.0791. The fraction of sp³-hybridized carbons (Fsp3) is 0.160. The summed E-state index contributed by atoms with van der Waals surface area (Å²) in [6, 6.07) is 13.9. The standard InChI is InChI=1S/C25H19F2N9O2/c1-13-24(18(10-28)33-32-13)25-16(14(2)37)4-7-22(31-25)36-12-29-17-9-15(3-5-19(17)36)30-21-6-8-23(35-34-21)38-11-20(26)27/h3-9,12,20H,11H2,1-2H3,(H,30,34)(H,32,33). The molecule has 0 fully saturated rings. The summed E-state index contributed by atoms with van der Waals surface area (Å²) in [7, 11) is 0. The van der Waals surface area contributed by atoms with E-state index in [0.29, 0.717) is 45.4 Å². The minimum absolute atomic E-state index is 0.000195. The normalized spacial score (nSPS) is 11.1. The number of ketones is 1. The van der Waals surface area contributed by atoms with Gasteiger partial charge in [0.2, 0.25) is 5.88 Å². The second kappa shape index (κ2) is 10.0. The number of aromatic amines is 1. The van der Waals surface area contributed by atoms with Crippen molar-refractivity contribution in [1.82, 2.24) is 34.9 Å². The molecule has 0 unspecified atom stereocenters. The number of Topliss-reactive ketones (excluding diaryl/α,β-unsaturated/α-hetero) is 1. The average Bonchev–Trinajstić information content (AvgIpc) is 3.50. The molecule has 0 amide bonds. The number of imidazole rings is 1. The first-order valence-corrected chi connectivity index (χ1v) is 11.3. The molecule has 11 nitrogen and oxygen atoms in total. The Balaban J connectivity index is 1.45. The average molecular weight is 515 g/mol. The predicted molar refractivity (Wildman–Crippen MR) is 133 cm³/mol. The number of rotatable bonds is 8. The molecule has 2 N–H and O–H groups in total. The molecule has 1 aromatic carbocycles. The van der Waals surface area contributed by atoms with Gasteiger partial charge in [0.25, 0.3) is 6.43 Å². The zero-order valence-electron chi connectivity index (χ0n) is 20.1. The molecule has 38 heavy (non-hydrogen) atoms. The monoisotopic (exact) mass is 515 g/mol. The van der Waals surface area contributed by atoms with Gasteiger partial charge in [-0.25, -0.2) is 18.7 Å². The maximum atomic E-state index is 12.3. The highest BCUT2D eigenvalue weighted by molar-refractivity contribution is 6.00. The van der Waals surface area contributed by atoms with Gasteiger partial charge in [-0.2, -0.15) is 10.4 Å². The first-order chi connectivity index (χ1) is 18.3. The number of hydrogen-bond donors (Lipinski definition) is 2. The summed E-state index contributed by atoms with van der Waals surface area (Å²) in [5, 5.41) is 27.1. The van der Waals surface area contributed by atoms with Crippen molar-refractivity contribution >= 4 is 28.3 Å². The number of pyridine rings is 1. The van der Waals surface area contributed by atoms with Gasteiger partial charge in [0.05, 0.1) is 22.3 Å². The number of H-pyrrole nitrogens is 1. The quantitative estimate of drug-likeness (QED) is 0.287. The molecule has 0 spiro atoms. The Kier molecular flexibility index (Phi) is 6.44. The lowest BCUT2D eigenvalue weighted by atomic mass is 10.0. The highest BCUT2D eigenvalue weighted by Crippen LogP contribution is 2.30. The maximum Gasteiger partial charge on any atom is 0.272 e. The number of carbonyl (C=O) groups is 1. The zero-order chi connectivity index (χ0) is 26.8. The number of alkyl halides is 2. The molecule has 5 aromatic rings. The molecule has 0 aliphatic carbocycles. The minimum atomic E-state index is -2.60. The lowest BCUT2D eigenvalue weighted by Gasteiger charge is -2.11. The Bertz CT molecular complexity index is 1690. The van der Waals surface area contributed by atoms with Crippen LogP contribution < -0.4 is 10.1 Å². The fourth-order valence-electron chi connectivity index (χ4n) is 3.89. The lowest BCUT2D eigenvalue weighted by Crippen LogP contribution is -2.08. The maximum absolute atomic E-state index is 12.3. The summed E-state index contributed by atoms with van der Waals surface area (Å²) in [4.78, 5) is 21.5. The van der Waals surface area contributed by atoms with E-state index in [-0.39, 0.29) is 17.4 Å². The van der Waals surface area contributed by atoms with E-state index in [2.05, 4.69) is 30.7 Å². The van der Waals surface area contributed by atoms with Crippen LogP contribution in [0.4, 0.5) is 20.3 Å². The molecule has 0 aliphatic rings. The summed E-state index contributed by atoms with van der Waals surface area (Å²) in [6.07, 6.45) is -0.990. The van der Waals surface area contributed by atoms with Gasteiger partial charge in [0.15, 0.2) is 23.9 Å². The van der Waals surface area contributed by atoms with Crippen molar-refractivity contribution in [3.05, 3.63) is 65.7 Å². The number of ether oxygens (including phenoxy) is 1. The molecular formula is C25H19F2N9O2. The number of benzene rings is 1. The fourth-order valence-corrected chi connectivity index (χ4v) is 3.89. The Labute approximate surface area is 214 Å². The van der Waals surface area contributed by atoms with Crippen LogP contribution in [0.3, 0.4) is 0 Å². The molecule has 190 valence electrons. The first-order valence-electron chi connectivity index (χ1n) is 11.3. The third-order valence-electron chi connectivity index (χ3n) is 5.61. The van der Waals surface area contributed by atoms with E-state index in [1.165, 1.54) is 13.0 Å². The first kappa shape index (κ1) is 24.4. The Morgan fingerprint density at radius 2 is 2.05 bits per heavy atom. The highest BCUT2D eigenvalue weighted by Gasteiger charge is 2.21. The summed E-state index contributed by atoms with van der Waals surface area (Å²) >= 11 is 0. The van der Waals surface area contributed by atoms with Gasteiger partial charge in [-0.1, -0.05) is 0 Å². The van der Waals surface area contributed by atoms with Crippen LogP contribution in [0.5, 0.6) is 5.88 Å². The largest absolute Gasteiger partial charge is 0.471 e. The molecule has 0 saturated carbocycles. The minimum Gasteiger partial charge on any atom is -0.471 e. The number of hydrogen-bond acceptors (Lipinski definition) is 9. The Morgan fingerprint density at radius 3 is 2.76 bits per heavy atom. The second-order valence-corrected chi connectivity index (χ2v) is 8.21. The van der Waals surface area contributed by atoms with Crippen LogP contribution >= 0.6 is 0 Å². The third-order valence-corrected chi connectivity index (χ3v) is 5.61. The number of nitrogens with zero attached hydrogens (tertiary/aromatic N) is 7. The predicted octanol–water partition coefficient (Wildman–Crippen LogP) is 4.37. The number of carbonyl (C=O) groups excluding carboxylic acids is 1. The summed E-state index contributed by atoms with van der Waals surface area (Å²) < 4.78 is 31.2. The number of aryl methyl sites for hydroxylation is 1. The smallest absolute Gasteiger partial charge is 0.272 e. The van der Waals surface area contributed by atoms with Crippen molar-refractivity contribution in [1.29, 1.82) is 5.26 Å². The number of anilines is 2. The molecule has 0 aliphatic heterocycles. The van der Waals surface area contributed by atoms with Crippen LogP contribution in [0.15, 0.2) is 48.8 Å². The van der Waals surface area contributed by atoms with Crippen molar-refractivity contribution in [2.45, 2.75) is 20.3 Å². The van der Waals surface area contributed by atoms with E-state index in [0.717, 1.165) is 5.52 Å². The molecule has 4 heterocycles. The summed E-state index contributed by atoms with van der Waals surface area (Å²) in [6.45, 7) is 2.45. The van der Waals surface area contributed by atoms with Gasteiger partial charge in [0, 0.05) is 23.0 Å².